The van der Waals surface area contributed by atoms with Gasteiger partial charge in [-0.3, -0.25) is 13.9 Å². The Kier molecular flexibility index (Phi) is 8.96. The molecule has 0 aliphatic carbocycles. The third-order valence-electron chi connectivity index (χ3n) is 5.87. The summed E-state index contributed by atoms with van der Waals surface area (Å²) in [5.74, 6) is -0.950. The normalized spacial score (nSPS) is 14.6. The Hall–Kier alpha value is -3.69. The first-order chi connectivity index (χ1) is 17.8. The van der Waals surface area contributed by atoms with Crippen LogP contribution in [0.1, 0.15) is 30.9 Å². The fraction of sp³-hybridized carbons (Fsp3) is 0.500. The minimum Gasteiger partial charge on any atom is -0.365 e. The molecule has 0 unspecified atom stereocenters. The molecule has 1 saturated heterocycles. The van der Waals surface area contributed by atoms with E-state index in [0.29, 0.717) is 37.7 Å². The number of sulfonamides is 1. The third kappa shape index (κ3) is 7.66. The van der Waals surface area contributed by atoms with Crippen molar-refractivity contribution >= 4 is 39.4 Å². The molecule has 1 aliphatic rings. The molecule has 2 aromatic rings. The van der Waals surface area contributed by atoms with Gasteiger partial charge in [0.1, 0.15) is 17.2 Å². The van der Waals surface area contributed by atoms with E-state index in [0.717, 1.165) is 10.6 Å². The van der Waals surface area contributed by atoms with E-state index in [1.165, 1.54) is 20.2 Å². The molecule has 0 radical (unpaired) electrons. The summed E-state index contributed by atoms with van der Waals surface area (Å²) in [7, 11) is -2.35. The van der Waals surface area contributed by atoms with Crippen LogP contribution in [0.2, 0.25) is 0 Å². The Balaban J connectivity index is 1.72. The van der Waals surface area contributed by atoms with Gasteiger partial charge in [0.05, 0.1) is 12.8 Å². The molecule has 3 N–H and O–H groups in total. The lowest BCUT2D eigenvalue weighted by atomic mass is 10.1. The molecule has 0 saturated carbocycles. The standard InChI is InChI=1S/C22H29F3N8O4S/c1-14(34)27-13-18(35)33-9-6-16(7-10-33)30-21-29-12-17(22(23,24)25)19(31-21)28-11-15-5-4-8-26-20(15)32(2)38(3,36)37/h4-5,8,12,16H,6-7,9-11,13H2,1-3H3,(H,27,34)(H2,28,29,30,31). The van der Waals surface area contributed by atoms with Gasteiger partial charge in [0.15, 0.2) is 0 Å². The van der Waals surface area contributed by atoms with Gasteiger partial charge in [0.25, 0.3) is 0 Å². The molecule has 208 valence electrons. The SMILES string of the molecule is CC(=O)NCC(=O)N1CCC(Nc2ncc(C(F)(F)F)c(NCc3cccnc3N(C)S(C)(=O)=O)n2)CC1. The molecule has 0 bridgehead atoms. The number of hydrogen-bond acceptors (Lipinski definition) is 9. The molecule has 0 atom stereocenters. The highest BCUT2D eigenvalue weighted by Gasteiger charge is 2.35. The Labute approximate surface area is 218 Å². The predicted molar refractivity (Wildman–Crippen MR) is 134 cm³/mol. The first-order valence-corrected chi connectivity index (χ1v) is 13.4. The third-order valence-corrected chi connectivity index (χ3v) is 7.04. The lowest BCUT2D eigenvalue weighted by Gasteiger charge is -2.32. The van der Waals surface area contributed by atoms with Crippen molar-refractivity contribution in [1.82, 2.24) is 25.2 Å². The zero-order valence-corrected chi connectivity index (χ0v) is 21.9. The second-order valence-corrected chi connectivity index (χ2v) is 10.7. The number of rotatable bonds is 9. The number of hydrogen-bond donors (Lipinski definition) is 3. The largest absolute Gasteiger partial charge is 0.421 e. The molecular weight excluding hydrogens is 529 g/mol. The van der Waals surface area contributed by atoms with Crippen molar-refractivity contribution in [3.8, 4) is 0 Å². The summed E-state index contributed by atoms with van der Waals surface area (Å²) in [6, 6.07) is 2.91. The van der Waals surface area contributed by atoms with Crippen LogP contribution in [0.25, 0.3) is 0 Å². The highest BCUT2D eigenvalue weighted by atomic mass is 32.2. The van der Waals surface area contributed by atoms with E-state index in [2.05, 4.69) is 30.9 Å². The van der Waals surface area contributed by atoms with Crippen LogP contribution in [-0.2, 0) is 32.3 Å². The van der Waals surface area contributed by atoms with Crippen LogP contribution in [0.5, 0.6) is 0 Å². The zero-order chi connectivity index (χ0) is 28.1. The van der Waals surface area contributed by atoms with Gasteiger partial charge in [-0.15, -0.1) is 0 Å². The van der Waals surface area contributed by atoms with Gasteiger partial charge in [-0.05, 0) is 18.9 Å². The first kappa shape index (κ1) is 28.9. The van der Waals surface area contributed by atoms with Crippen molar-refractivity contribution in [3.63, 3.8) is 0 Å². The number of halogens is 3. The Morgan fingerprint density at radius 3 is 2.50 bits per heavy atom. The molecule has 2 aromatic heterocycles. The summed E-state index contributed by atoms with van der Waals surface area (Å²) in [5, 5.41) is 8.12. The highest BCUT2D eigenvalue weighted by Crippen LogP contribution is 2.34. The van der Waals surface area contributed by atoms with E-state index in [9.17, 15) is 31.2 Å². The summed E-state index contributed by atoms with van der Waals surface area (Å²) < 4.78 is 65.8. The monoisotopic (exact) mass is 558 g/mol. The van der Waals surface area contributed by atoms with Crippen LogP contribution < -0.4 is 20.3 Å². The second-order valence-electron chi connectivity index (χ2n) is 8.73. The van der Waals surface area contributed by atoms with Crippen LogP contribution in [0.15, 0.2) is 24.5 Å². The Morgan fingerprint density at radius 1 is 1.21 bits per heavy atom. The van der Waals surface area contributed by atoms with Crippen LogP contribution in [0, 0.1) is 0 Å². The molecular formula is C22H29F3N8O4S. The maximum atomic E-state index is 13.7. The number of nitrogens with zero attached hydrogens (tertiary/aromatic N) is 5. The Bertz CT molecular complexity index is 1270. The van der Waals surface area contributed by atoms with Gasteiger partial charge in [-0.1, -0.05) is 6.07 Å². The van der Waals surface area contributed by atoms with Crippen molar-refractivity contribution < 1.29 is 31.2 Å². The zero-order valence-electron chi connectivity index (χ0n) is 21.0. The number of carbonyl (C=O) groups excluding carboxylic acids is 2. The van der Waals surface area contributed by atoms with E-state index in [1.807, 2.05) is 0 Å². The first-order valence-electron chi connectivity index (χ1n) is 11.6. The van der Waals surface area contributed by atoms with Gasteiger partial charge in [-0.2, -0.15) is 18.2 Å². The van der Waals surface area contributed by atoms with Crippen LogP contribution in [0.4, 0.5) is 30.8 Å². The van der Waals surface area contributed by atoms with E-state index < -0.39 is 27.6 Å². The molecule has 1 aliphatic heterocycles. The number of aromatic nitrogens is 3. The molecule has 12 nitrogen and oxygen atoms in total. The second kappa shape index (κ2) is 11.8. The van der Waals surface area contributed by atoms with Gasteiger partial charge in [-0.25, -0.2) is 18.4 Å². The maximum Gasteiger partial charge on any atom is 0.421 e. The summed E-state index contributed by atoms with van der Waals surface area (Å²) in [6.45, 7) is 1.85. The average Bonchev–Trinajstić information content (AvgIpc) is 2.85. The van der Waals surface area contributed by atoms with Crippen molar-refractivity contribution in [2.45, 2.75) is 38.5 Å². The number of anilines is 3. The predicted octanol–water partition coefficient (Wildman–Crippen LogP) is 1.44. The minimum atomic E-state index is -4.73. The van der Waals surface area contributed by atoms with Crippen LogP contribution >= 0.6 is 0 Å². The summed E-state index contributed by atoms with van der Waals surface area (Å²) in [4.78, 5) is 36.7. The number of nitrogens with one attached hydrogen (secondary N) is 3. The molecule has 2 amide bonds. The molecule has 0 aromatic carbocycles. The molecule has 3 heterocycles. The summed E-state index contributed by atoms with van der Waals surface area (Å²) in [5.41, 5.74) is -0.735. The van der Waals surface area contributed by atoms with Gasteiger partial charge in [0.2, 0.25) is 27.8 Å². The summed E-state index contributed by atoms with van der Waals surface area (Å²) in [6.07, 6.45) is -0.663. The van der Waals surface area contributed by atoms with E-state index in [4.69, 9.17) is 0 Å². The molecule has 0 spiro atoms. The van der Waals surface area contributed by atoms with E-state index >= 15 is 0 Å². The summed E-state index contributed by atoms with van der Waals surface area (Å²) >= 11 is 0. The van der Waals surface area contributed by atoms with Crippen molar-refractivity contribution in [2.75, 3.05) is 47.9 Å². The van der Waals surface area contributed by atoms with E-state index in [-0.39, 0.29) is 42.7 Å². The van der Waals surface area contributed by atoms with Gasteiger partial charge >= 0.3 is 6.18 Å². The quantitative estimate of drug-likeness (QED) is 0.416. The van der Waals surface area contributed by atoms with Crippen LogP contribution in [-0.4, -0.2) is 79.1 Å². The van der Waals surface area contributed by atoms with Crippen molar-refractivity contribution in [3.05, 3.63) is 35.7 Å². The van der Waals surface area contributed by atoms with E-state index in [1.54, 1.807) is 17.0 Å². The van der Waals surface area contributed by atoms with Gasteiger partial charge in [0, 0.05) is 57.6 Å². The highest BCUT2D eigenvalue weighted by molar-refractivity contribution is 7.92. The number of pyridine rings is 1. The number of piperidine rings is 1. The Morgan fingerprint density at radius 2 is 1.89 bits per heavy atom. The maximum absolute atomic E-state index is 13.7. The number of amides is 2. The molecule has 1 fully saturated rings. The van der Waals surface area contributed by atoms with Crippen molar-refractivity contribution in [2.24, 2.45) is 0 Å². The molecule has 3 rings (SSSR count). The van der Waals surface area contributed by atoms with Crippen LogP contribution in [0.3, 0.4) is 0 Å². The lowest BCUT2D eigenvalue weighted by Crippen LogP contribution is -2.46. The number of carbonyl (C=O) groups is 2. The fourth-order valence-electron chi connectivity index (χ4n) is 3.75. The lowest BCUT2D eigenvalue weighted by molar-refractivity contribution is -0.137. The fourth-order valence-corrected chi connectivity index (χ4v) is 4.23. The molecule has 38 heavy (non-hydrogen) atoms. The topological polar surface area (TPSA) is 150 Å². The average molecular weight is 559 g/mol. The smallest absolute Gasteiger partial charge is 0.365 e. The number of alkyl halides is 3. The molecule has 16 heteroatoms. The van der Waals surface area contributed by atoms with Crippen molar-refractivity contribution in [1.29, 1.82) is 0 Å². The number of likely N-dealkylation sites (tertiary alicyclic amines) is 1. The minimum absolute atomic E-state index is 0.0248. The van der Waals surface area contributed by atoms with Gasteiger partial charge < -0.3 is 20.9 Å².